The van der Waals surface area contributed by atoms with E-state index >= 15 is 0 Å². The maximum absolute atomic E-state index is 12.3. The molecular weight excluding hydrogens is 242 g/mol. The minimum Gasteiger partial charge on any atom is -0.464 e. The lowest BCUT2D eigenvalue weighted by atomic mass is 10.1. The molecule has 3 rings (SSSR count). The molecule has 0 bridgehead atoms. The Balaban J connectivity index is 1.79. The quantitative estimate of drug-likeness (QED) is 0.915. The number of carbonyl (C=O) groups excluding carboxylic acids is 1. The molecule has 0 atom stereocenters. The SMILES string of the molecule is CN(Cc1coc2ccccc12)C(=O)C1(CO)CC1. The van der Waals surface area contributed by atoms with Crippen LogP contribution in [-0.2, 0) is 11.3 Å². The van der Waals surface area contributed by atoms with Crippen LogP contribution in [0.1, 0.15) is 18.4 Å². The van der Waals surface area contributed by atoms with E-state index in [1.165, 1.54) is 0 Å². The van der Waals surface area contributed by atoms with Gasteiger partial charge in [0.05, 0.1) is 18.3 Å². The van der Waals surface area contributed by atoms with Crippen LogP contribution in [0.3, 0.4) is 0 Å². The molecular formula is C15H17NO3. The highest BCUT2D eigenvalue weighted by Gasteiger charge is 2.50. The number of fused-ring (bicyclic) bond motifs is 1. The van der Waals surface area contributed by atoms with Crippen molar-refractivity contribution >= 4 is 16.9 Å². The topological polar surface area (TPSA) is 53.7 Å². The van der Waals surface area contributed by atoms with Gasteiger partial charge in [-0.05, 0) is 18.9 Å². The molecule has 0 aliphatic heterocycles. The number of furan rings is 1. The van der Waals surface area contributed by atoms with Crippen molar-refractivity contribution in [1.82, 2.24) is 4.90 Å². The van der Waals surface area contributed by atoms with Crippen LogP contribution in [0.25, 0.3) is 11.0 Å². The lowest BCUT2D eigenvalue weighted by Gasteiger charge is -2.21. The first-order valence-corrected chi connectivity index (χ1v) is 6.48. The Hall–Kier alpha value is -1.81. The van der Waals surface area contributed by atoms with Gasteiger partial charge >= 0.3 is 0 Å². The van der Waals surface area contributed by atoms with Crippen molar-refractivity contribution in [2.24, 2.45) is 5.41 Å². The van der Waals surface area contributed by atoms with E-state index in [4.69, 9.17) is 4.42 Å². The number of aliphatic hydroxyl groups is 1. The Morgan fingerprint density at radius 3 is 2.84 bits per heavy atom. The minimum atomic E-state index is -0.506. The Kier molecular flexibility index (Phi) is 2.82. The molecule has 0 unspecified atom stereocenters. The van der Waals surface area contributed by atoms with Gasteiger partial charge in [-0.1, -0.05) is 18.2 Å². The van der Waals surface area contributed by atoms with E-state index in [9.17, 15) is 9.90 Å². The Morgan fingerprint density at radius 1 is 1.42 bits per heavy atom. The van der Waals surface area contributed by atoms with Gasteiger partial charge in [-0.15, -0.1) is 0 Å². The number of amides is 1. The third-order valence-electron chi connectivity index (χ3n) is 3.93. The highest BCUT2D eigenvalue weighted by atomic mass is 16.3. The summed E-state index contributed by atoms with van der Waals surface area (Å²) in [5, 5.41) is 10.3. The van der Waals surface area contributed by atoms with Crippen LogP contribution in [0.15, 0.2) is 34.9 Å². The molecule has 0 saturated heterocycles. The third-order valence-corrected chi connectivity index (χ3v) is 3.93. The van der Waals surface area contributed by atoms with E-state index in [2.05, 4.69) is 0 Å². The van der Waals surface area contributed by atoms with Gasteiger partial charge in [0.25, 0.3) is 0 Å². The summed E-state index contributed by atoms with van der Waals surface area (Å²) in [7, 11) is 1.78. The molecule has 1 saturated carbocycles. The molecule has 1 aromatic carbocycles. The zero-order valence-corrected chi connectivity index (χ0v) is 10.9. The smallest absolute Gasteiger partial charge is 0.231 e. The number of carbonyl (C=O) groups is 1. The molecule has 2 aromatic rings. The molecule has 1 aliphatic rings. The molecule has 1 aliphatic carbocycles. The molecule has 0 radical (unpaired) electrons. The maximum atomic E-state index is 12.3. The highest BCUT2D eigenvalue weighted by Crippen LogP contribution is 2.46. The van der Waals surface area contributed by atoms with Crippen LogP contribution < -0.4 is 0 Å². The fourth-order valence-corrected chi connectivity index (χ4v) is 2.48. The minimum absolute atomic E-state index is 0.0280. The number of hydrogen-bond donors (Lipinski definition) is 1. The van der Waals surface area contributed by atoms with Gasteiger partial charge in [0.2, 0.25) is 5.91 Å². The Morgan fingerprint density at radius 2 is 2.16 bits per heavy atom. The normalized spacial score (nSPS) is 16.5. The molecule has 1 fully saturated rings. The summed E-state index contributed by atoms with van der Waals surface area (Å²) in [6.45, 7) is 0.458. The van der Waals surface area contributed by atoms with Crippen LogP contribution in [0.4, 0.5) is 0 Å². The summed E-state index contributed by atoms with van der Waals surface area (Å²) in [6, 6.07) is 7.79. The summed E-state index contributed by atoms with van der Waals surface area (Å²) < 4.78 is 5.47. The van der Waals surface area contributed by atoms with Gasteiger partial charge in [-0.25, -0.2) is 0 Å². The Labute approximate surface area is 111 Å². The summed E-state index contributed by atoms with van der Waals surface area (Å²) in [4.78, 5) is 13.9. The summed E-state index contributed by atoms with van der Waals surface area (Å²) in [6.07, 6.45) is 3.28. The number of rotatable bonds is 4. The van der Waals surface area contributed by atoms with Gasteiger partial charge in [0.1, 0.15) is 5.58 Å². The predicted octanol–water partition coefficient (Wildman–Crippen LogP) is 2.16. The molecule has 1 aromatic heterocycles. The number of aliphatic hydroxyl groups excluding tert-OH is 1. The van der Waals surface area contributed by atoms with E-state index in [1.54, 1.807) is 18.2 Å². The molecule has 19 heavy (non-hydrogen) atoms. The van der Waals surface area contributed by atoms with E-state index in [-0.39, 0.29) is 12.5 Å². The lowest BCUT2D eigenvalue weighted by Crippen LogP contribution is -2.35. The fraction of sp³-hybridized carbons (Fsp3) is 0.400. The van der Waals surface area contributed by atoms with Crippen molar-refractivity contribution in [2.45, 2.75) is 19.4 Å². The second kappa shape index (κ2) is 4.38. The number of benzene rings is 1. The van der Waals surface area contributed by atoms with Gasteiger partial charge in [-0.3, -0.25) is 4.79 Å². The van der Waals surface area contributed by atoms with Gasteiger partial charge in [0, 0.05) is 24.5 Å². The van der Waals surface area contributed by atoms with E-state index in [1.807, 2.05) is 24.3 Å². The van der Waals surface area contributed by atoms with Crippen molar-refractivity contribution in [2.75, 3.05) is 13.7 Å². The fourth-order valence-electron chi connectivity index (χ4n) is 2.48. The van der Waals surface area contributed by atoms with Crippen molar-refractivity contribution in [3.63, 3.8) is 0 Å². The van der Waals surface area contributed by atoms with Crippen LogP contribution in [0.2, 0.25) is 0 Å². The van der Waals surface area contributed by atoms with E-state index < -0.39 is 5.41 Å². The van der Waals surface area contributed by atoms with Crippen molar-refractivity contribution < 1.29 is 14.3 Å². The number of para-hydroxylation sites is 1. The zero-order valence-electron chi connectivity index (χ0n) is 10.9. The maximum Gasteiger partial charge on any atom is 0.231 e. The lowest BCUT2D eigenvalue weighted by molar-refractivity contribution is -0.137. The zero-order chi connectivity index (χ0) is 13.5. The molecule has 4 nitrogen and oxygen atoms in total. The van der Waals surface area contributed by atoms with Crippen LogP contribution in [-0.4, -0.2) is 29.6 Å². The standard InChI is InChI=1S/C15H17NO3/c1-16(14(18)15(10-17)6-7-15)8-11-9-19-13-5-3-2-4-12(11)13/h2-5,9,17H,6-8,10H2,1H3. The Bertz CT molecular complexity index is 613. The average Bonchev–Trinajstić information content (AvgIpc) is 3.15. The van der Waals surface area contributed by atoms with Crippen LogP contribution in [0.5, 0.6) is 0 Å². The van der Waals surface area contributed by atoms with Crippen LogP contribution in [0, 0.1) is 5.41 Å². The number of nitrogens with zero attached hydrogens (tertiary/aromatic N) is 1. The van der Waals surface area contributed by atoms with Crippen molar-refractivity contribution in [3.8, 4) is 0 Å². The summed E-state index contributed by atoms with van der Waals surface area (Å²) >= 11 is 0. The van der Waals surface area contributed by atoms with Gasteiger partial charge in [0.15, 0.2) is 0 Å². The van der Waals surface area contributed by atoms with Gasteiger partial charge in [-0.2, -0.15) is 0 Å². The molecule has 1 amide bonds. The molecule has 1 heterocycles. The van der Waals surface area contributed by atoms with Gasteiger partial charge < -0.3 is 14.4 Å². The summed E-state index contributed by atoms with van der Waals surface area (Å²) in [5.41, 5.74) is 1.33. The molecule has 4 heteroatoms. The van der Waals surface area contributed by atoms with E-state index in [0.29, 0.717) is 6.54 Å². The first-order valence-electron chi connectivity index (χ1n) is 6.48. The highest BCUT2D eigenvalue weighted by molar-refractivity contribution is 5.86. The largest absolute Gasteiger partial charge is 0.464 e. The first-order chi connectivity index (χ1) is 9.16. The average molecular weight is 259 g/mol. The summed E-state index contributed by atoms with van der Waals surface area (Å²) in [5.74, 6) is 0.0280. The van der Waals surface area contributed by atoms with Crippen molar-refractivity contribution in [1.29, 1.82) is 0 Å². The van der Waals surface area contributed by atoms with Crippen LogP contribution >= 0.6 is 0 Å². The third kappa shape index (κ3) is 2.02. The molecule has 1 N–H and O–H groups in total. The monoisotopic (exact) mass is 259 g/mol. The van der Waals surface area contributed by atoms with E-state index in [0.717, 1.165) is 29.4 Å². The van der Waals surface area contributed by atoms with Crippen molar-refractivity contribution in [3.05, 3.63) is 36.1 Å². The number of hydrogen-bond acceptors (Lipinski definition) is 3. The second-order valence-corrected chi connectivity index (χ2v) is 5.36. The predicted molar refractivity (Wildman–Crippen MR) is 71.4 cm³/mol. The molecule has 0 spiro atoms. The first kappa shape index (κ1) is 12.2. The second-order valence-electron chi connectivity index (χ2n) is 5.36. The molecule has 100 valence electrons.